The molecule has 140 valence electrons. The number of ether oxygens (including phenoxy) is 1. The van der Waals surface area contributed by atoms with Crippen LogP contribution >= 0.6 is 23.2 Å². The summed E-state index contributed by atoms with van der Waals surface area (Å²) in [4.78, 5) is 34.2. The number of nitrogens with zero attached hydrogens (tertiary/aromatic N) is 1. The first kappa shape index (κ1) is 20.4. The first-order chi connectivity index (χ1) is 12.8. The van der Waals surface area contributed by atoms with Crippen LogP contribution in [0.2, 0.25) is 10.0 Å². The summed E-state index contributed by atoms with van der Waals surface area (Å²) in [5, 5.41) is 13.9. The van der Waals surface area contributed by atoms with E-state index in [1.54, 1.807) is 12.1 Å². The van der Waals surface area contributed by atoms with Gasteiger partial charge in [-0.3, -0.25) is 14.9 Å². The number of esters is 1. The Kier molecular flexibility index (Phi) is 6.92. The molecule has 0 aliphatic rings. The molecule has 7 nitrogen and oxygen atoms in total. The summed E-state index contributed by atoms with van der Waals surface area (Å²) in [7, 11) is 0. The van der Waals surface area contributed by atoms with Crippen LogP contribution in [0.4, 0.5) is 11.4 Å². The van der Waals surface area contributed by atoms with Crippen molar-refractivity contribution in [3.8, 4) is 0 Å². The Morgan fingerprint density at radius 1 is 1.22 bits per heavy atom. The van der Waals surface area contributed by atoms with Gasteiger partial charge in [-0.2, -0.15) is 0 Å². The van der Waals surface area contributed by atoms with Crippen molar-refractivity contribution in [2.24, 2.45) is 0 Å². The summed E-state index contributed by atoms with van der Waals surface area (Å²) >= 11 is 11.8. The molecule has 0 aliphatic heterocycles. The molecule has 2 aromatic rings. The Labute approximate surface area is 164 Å². The fourth-order valence-corrected chi connectivity index (χ4v) is 2.34. The molecule has 9 heteroatoms. The van der Waals surface area contributed by atoms with Gasteiger partial charge in [-0.05, 0) is 36.8 Å². The van der Waals surface area contributed by atoms with Crippen LogP contribution < -0.4 is 5.32 Å². The third-order valence-electron chi connectivity index (χ3n) is 3.34. The number of carbonyl (C=O) groups is 2. The number of nitro groups is 1. The molecular formula is C18H14Cl2N2O5. The van der Waals surface area contributed by atoms with Gasteiger partial charge in [0.05, 0.1) is 15.6 Å². The minimum atomic E-state index is -1.10. The second-order valence-corrected chi connectivity index (χ2v) is 6.22. The molecule has 0 saturated heterocycles. The van der Waals surface area contributed by atoms with Gasteiger partial charge in [0, 0.05) is 23.2 Å². The lowest BCUT2D eigenvalue weighted by molar-refractivity contribution is -0.384. The van der Waals surface area contributed by atoms with Crippen LogP contribution in [-0.2, 0) is 14.3 Å². The molecular weight excluding hydrogens is 395 g/mol. The number of non-ortho nitro benzene ring substituents is 1. The highest BCUT2D eigenvalue weighted by Gasteiger charge is 2.18. The highest BCUT2D eigenvalue weighted by Crippen LogP contribution is 2.25. The SMILES string of the molecule is CC(OC(=O)C=Cc1cccc([N+](=O)[O-])c1)C(=O)Nc1cc(Cl)ccc1Cl. The lowest BCUT2D eigenvalue weighted by Gasteiger charge is -2.13. The van der Waals surface area contributed by atoms with E-state index in [2.05, 4.69) is 5.32 Å². The maximum Gasteiger partial charge on any atom is 0.331 e. The van der Waals surface area contributed by atoms with E-state index in [9.17, 15) is 19.7 Å². The van der Waals surface area contributed by atoms with Gasteiger partial charge in [0.25, 0.3) is 11.6 Å². The van der Waals surface area contributed by atoms with E-state index in [-0.39, 0.29) is 10.7 Å². The molecule has 1 N–H and O–H groups in total. The molecule has 0 heterocycles. The lowest BCUT2D eigenvalue weighted by atomic mass is 10.2. The largest absolute Gasteiger partial charge is 0.449 e. The molecule has 1 unspecified atom stereocenters. The molecule has 1 amide bonds. The predicted octanol–water partition coefficient (Wildman–Crippen LogP) is 4.49. The number of nitrogens with one attached hydrogen (secondary N) is 1. The Balaban J connectivity index is 1.96. The van der Waals surface area contributed by atoms with Crippen LogP contribution in [-0.4, -0.2) is 22.9 Å². The third-order valence-corrected chi connectivity index (χ3v) is 3.91. The summed E-state index contributed by atoms with van der Waals surface area (Å²) in [6.45, 7) is 1.40. The molecule has 0 fully saturated rings. The van der Waals surface area contributed by atoms with E-state index < -0.39 is 22.9 Å². The summed E-state index contributed by atoms with van der Waals surface area (Å²) in [6.07, 6.45) is 1.34. The summed E-state index contributed by atoms with van der Waals surface area (Å²) < 4.78 is 5.01. The van der Waals surface area contributed by atoms with Crippen molar-refractivity contribution in [1.82, 2.24) is 0 Å². The van der Waals surface area contributed by atoms with Crippen molar-refractivity contribution in [1.29, 1.82) is 0 Å². The number of hydrogen-bond acceptors (Lipinski definition) is 5. The van der Waals surface area contributed by atoms with E-state index in [0.717, 1.165) is 6.08 Å². The summed E-state index contributed by atoms with van der Waals surface area (Å²) in [6, 6.07) is 10.3. The second kappa shape index (κ2) is 9.16. The Bertz CT molecular complexity index is 914. The lowest BCUT2D eigenvalue weighted by Crippen LogP contribution is -2.29. The molecule has 0 spiro atoms. The average Bonchev–Trinajstić information content (AvgIpc) is 2.63. The Morgan fingerprint density at radius 3 is 2.67 bits per heavy atom. The molecule has 0 radical (unpaired) electrons. The minimum Gasteiger partial charge on any atom is -0.449 e. The van der Waals surface area contributed by atoms with E-state index in [4.69, 9.17) is 27.9 Å². The highest BCUT2D eigenvalue weighted by molar-refractivity contribution is 6.35. The van der Waals surface area contributed by atoms with Gasteiger partial charge in [0.15, 0.2) is 6.10 Å². The van der Waals surface area contributed by atoms with E-state index in [0.29, 0.717) is 16.3 Å². The van der Waals surface area contributed by atoms with Crippen LogP contribution in [0.3, 0.4) is 0 Å². The van der Waals surface area contributed by atoms with Crippen LogP contribution in [0.1, 0.15) is 12.5 Å². The standard InChI is InChI=1S/C18H14Cl2N2O5/c1-11(18(24)21-16-10-13(19)6-7-15(16)20)27-17(23)8-5-12-3-2-4-14(9-12)22(25)26/h2-11H,1H3,(H,21,24). The number of amides is 1. The van der Waals surface area contributed by atoms with Crippen LogP contribution in [0.5, 0.6) is 0 Å². The Hall–Kier alpha value is -2.90. The average molecular weight is 409 g/mol. The van der Waals surface area contributed by atoms with Crippen molar-refractivity contribution in [2.75, 3.05) is 5.32 Å². The molecule has 2 rings (SSSR count). The maximum absolute atomic E-state index is 12.1. The number of anilines is 1. The first-order valence-corrected chi connectivity index (χ1v) is 8.41. The number of hydrogen-bond donors (Lipinski definition) is 1. The third kappa shape index (κ3) is 6.09. The smallest absolute Gasteiger partial charge is 0.331 e. The summed E-state index contributed by atoms with van der Waals surface area (Å²) in [5.74, 6) is -1.36. The number of halogens is 2. The van der Waals surface area contributed by atoms with Gasteiger partial charge in [0.1, 0.15) is 0 Å². The fraction of sp³-hybridized carbons (Fsp3) is 0.111. The highest BCUT2D eigenvalue weighted by atomic mass is 35.5. The van der Waals surface area contributed by atoms with Crippen molar-refractivity contribution < 1.29 is 19.2 Å². The molecule has 0 aromatic heterocycles. The second-order valence-electron chi connectivity index (χ2n) is 5.38. The first-order valence-electron chi connectivity index (χ1n) is 7.65. The Morgan fingerprint density at radius 2 is 1.96 bits per heavy atom. The number of benzene rings is 2. The molecule has 0 bridgehead atoms. The summed E-state index contributed by atoms with van der Waals surface area (Å²) in [5.41, 5.74) is 0.643. The van der Waals surface area contributed by atoms with Crippen molar-refractivity contribution in [3.63, 3.8) is 0 Å². The molecule has 0 aliphatic carbocycles. The van der Waals surface area contributed by atoms with Gasteiger partial charge in [-0.15, -0.1) is 0 Å². The maximum atomic E-state index is 12.1. The zero-order chi connectivity index (χ0) is 20.0. The van der Waals surface area contributed by atoms with Crippen molar-refractivity contribution in [2.45, 2.75) is 13.0 Å². The zero-order valence-electron chi connectivity index (χ0n) is 14.0. The van der Waals surface area contributed by atoms with Crippen LogP contribution in [0.25, 0.3) is 6.08 Å². The number of carbonyl (C=O) groups excluding carboxylic acids is 2. The van der Waals surface area contributed by atoms with E-state index >= 15 is 0 Å². The zero-order valence-corrected chi connectivity index (χ0v) is 15.5. The molecule has 0 saturated carbocycles. The molecule has 2 aromatic carbocycles. The van der Waals surface area contributed by atoms with Crippen molar-refractivity contribution >= 4 is 52.5 Å². The van der Waals surface area contributed by atoms with Gasteiger partial charge in [-0.25, -0.2) is 4.79 Å². The van der Waals surface area contributed by atoms with E-state index in [1.165, 1.54) is 43.3 Å². The van der Waals surface area contributed by atoms with Gasteiger partial charge in [-0.1, -0.05) is 35.3 Å². The quantitative estimate of drug-likeness (QED) is 0.328. The van der Waals surface area contributed by atoms with Gasteiger partial charge in [0.2, 0.25) is 0 Å². The predicted molar refractivity (Wildman–Crippen MR) is 103 cm³/mol. The molecule has 1 atom stereocenters. The topological polar surface area (TPSA) is 98.5 Å². The van der Waals surface area contributed by atoms with Crippen molar-refractivity contribution in [3.05, 3.63) is 74.3 Å². The normalized spacial score (nSPS) is 11.8. The monoisotopic (exact) mass is 408 g/mol. The number of nitro benzene ring substituents is 1. The minimum absolute atomic E-state index is 0.100. The van der Waals surface area contributed by atoms with Crippen LogP contribution in [0.15, 0.2) is 48.5 Å². The van der Waals surface area contributed by atoms with Crippen LogP contribution in [0, 0.1) is 10.1 Å². The molecule has 27 heavy (non-hydrogen) atoms. The fourth-order valence-electron chi connectivity index (χ4n) is 2.00. The van der Waals surface area contributed by atoms with Gasteiger partial charge < -0.3 is 10.1 Å². The van der Waals surface area contributed by atoms with Gasteiger partial charge >= 0.3 is 5.97 Å². The number of rotatable bonds is 6. The van der Waals surface area contributed by atoms with E-state index in [1.807, 2.05) is 0 Å².